The van der Waals surface area contributed by atoms with Crippen molar-refractivity contribution in [2.45, 2.75) is 51.2 Å². The highest BCUT2D eigenvalue weighted by atomic mass is 19.1. The standard InChI is InChI=1S/C25H22FN5O2.C24H19FN6O2.C24H22N8O2/c26-17-5-8-31-21(14-28-23(31)11-17)18-2-3-20(24-19(18)13-29-25(24)32)30-22-4-1-16(12-27-22)15-6-9-33-10-7-15;25-14-8-10-30-18(13-26-21(30)11-14)15-6-7-17(23-16(15)12-27-24(23)33)28-19-3-1-4-20(29-19)31-9-2-5-22(31)32;1-30-8-9-31(14-22(30)33)15-2-5-20(26-10-15)29-18-4-3-16(17-11-28-24(34)23(17)18)19-12-27-21-13-25-6-7-32(19)21/h1-5,8,11-12,14-15H,6-7,9-10,13H2,(H,27,30)(H,29,32);1,3-4,6-8,10-11,13H,2,5,9,12H2,(H,27,33)(H,28,29);2-7,10,12-13H,8-9,11,14H2,1H3,(H,26,29)(H,28,34). The molecule has 0 saturated carbocycles. The van der Waals surface area contributed by atoms with Crippen LogP contribution >= 0.6 is 0 Å². The van der Waals surface area contributed by atoms with E-state index in [-0.39, 0.29) is 41.2 Å². The number of amides is 5. The number of hydrogen-bond acceptors (Lipinski definition) is 17. The van der Waals surface area contributed by atoms with E-state index in [4.69, 9.17) is 4.74 Å². The summed E-state index contributed by atoms with van der Waals surface area (Å²) >= 11 is 0. The molecule has 6 aliphatic heterocycles. The first kappa shape index (κ1) is 62.3. The summed E-state index contributed by atoms with van der Waals surface area (Å²) in [5.41, 5.74) is 15.4. The molecule has 3 saturated heterocycles. The lowest BCUT2D eigenvalue weighted by Gasteiger charge is -2.33. The smallest absolute Gasteiger partial charge is 0.254 e. The zero-order valence-corrected chi connectivity index (χ0v) is 53.9. The molecule has 5 amide bonds. The number of imidazole rings is 3. The van der Waals surface area contributed by atoms with Gasteiger partial charge in [0.05, 0.1) is 94.1 Å². The first-order chi connectivity index (χ1) is 48.8. The fourth-order valence-electron chi connectivity index (χ4n) is 13.8. The van der Waals surface area contributed by atoms with Gasteiger partial charge in [-0.25, -0.2) is 38.7 Å². The molecule has 0 radical (unpaired) electrons. The molecule has 15 heterocycles. The number of halogens is 2. The number of nitrogens with one attached hydrogen (secondary N) is 6. The average molecular weight is 1340 g/mol. The van der Waals surface area contributed by atoms with Crippen LogP contribution in [-0.4, -0.2) is 129 Å². The van der Waals surface area contributed by atoms with Gasteiger partial charge < -0.3 is 46.4 Å². The van der Waals surface area contributed by atoms with E-state index in [1.54, 1.807) is 69.8 Å². The highest BCUT2D eigenvalue weighted by Gasteiger charge is 2.32. The van der Waals surface area contributed by atoms with Crippen LogP contribution in [0.3, 0.4) is 0 Å². The largest absolute Gasteiger partial charge is 0.381 e. The van der Waals surface area contributed by atoms with Crippen molar-refractivity contribution >= 4 is 92.5 Å². The lowest BCUT2D eigenvalue weighted by molar-refractivity contribution is -0.129. The molecule has 12 aromatic rings. The van der Waals surface area contributed by atoms with Crippen molar-refractivity contribution in [2.24, 2.45) is 0 Å². The summed E-state index contributed by atoms with van der Waals surface area (Å²) < 4.78 is 38.2. The van der Waals surface area contributed by atoms with Crippen molar-refractivity contribution in [1.82, 2.24) is 68.9 Å². The van der Waals surface area contributed by atoms with E-state index in [0.29, 0.717) is 120 Å². The van der Waals surface area contributed by atoms with Crippen molar-refractivity contribution in [2.75, 3.05) is 72.2 Å². The maximum Gasteiger partial charge on any atom is 0.254 e. The maximum atomic E-state index is 13.6. The summed E-state index contributed by atoms with van der Waals surface area (Å²) in [5.74, 6) is 1.97. The van der Waals surface area contributed by atoms with Gasteiger partial charge in [-0.1, -0.05) is 30.3 Å². The molecule has 6 aliphatic rings. The Morgan fingerprint density at radius 3 is 1.58 bits per heavy atom. The Bertz CT molecular complexity index is 5270. The van der Waals surface area contributed by atoms with E-state index in [2.05, 4.69) is 72.9 Å². The molecule has 18 rings (SSSR count). The minimum atomic E-state index is -0.355. The van der Waals surface area contributed by atoms with Crippen LogP contribution in [0.5, 0.6) is 0 Å². The summed E-state index contributed by atoms with van der Waals surface area (Å²) in [7, 11) is 1.82. The second kappa shape index (κ2) is 26.1. The number of hydrogen-bond donors (Lipinski definition) is 6. The van der Waals surface area contributed by atoms with Gasteiger partial charge >= 0.3 is 0 Å². The van der Waals surface area contributed by atoms with Gasteiger partial charge in [0.15, 0.2) is 5.65 Å². The molecule has 0 spiro atoms. The van der Waals surface area contributed by atoms with Gasteiger partial charge in [-0.05, 0) is 108 Å². The van der Waals surface area contributed by atoms with Gasteiger partial charge in [-0.3, -0.25) is 47.1 Å². The summed E-state index contributed by atoms with van der Waals surface area (Å²) in [5, 5.41) is 18.6. The van der Waals surface area contributed by atoms with Crippen molar-refractivity contribution in [1.29, 1.82) is 0 Å². The van der Waals surface area contributed by atoms with E-state index in [1.807, 2.05) is 99.9 Å². The van der Waals surface area contributed by atoms with Crippen LogP contribution in [0.4, 0.5) is 54.8 Å². The summed E-state index contributed by atoms with van der Waals surface area (Å²) in [6.45, 7) is 5.29. The number of piperazine rings is 1. The van der Waals surface area contributed by atoms with Crippen LogP contribution in [0.15, 0.2) is 165 Å². The molecular weight excluding hydrogens is 1280 g/mol. The summed E-state index contributed by atoms with van der Waals surface area (Å²) in [6.07, 6.45) is 20.8. The van der Waals surface area contributed by atoms with E-state index in [1.165, 1.54) is 29.8 Å². The molecule has 6 N–H and O–H groups in total. The number of rotatable bonds is 12. The predicted molar refractivity (Wildman–Crippen MR) is 370 cm³/mol. The molecule has 0 bridgehead atoms. The van der Waals surface area contributed by atoms with Crippen LogP contribution in [0, 0.1) is 11.6 Å². The Balaban J connectivity index is 0.000000117. The van der Waals surface area contributed by atoms with Gasteiger partial charge in [-0.15, -0.1) is 0 Å². The summed E-state index contributed by atoms with van der Waals surface area (Å²) in [4.78, 5) is 98.6. The molecular formula is C73H63F2N19O6. The van der Waals surface area contributed by atoms with Crippen LogP contribution in [0.25, 0.3) is 50.7 Å². The predicted octanol–water partition coefficient (Wildman–Crippen LogP) is 10.1. The van der Waals surface area contributed by atoms with Crippen LogP contribution in [-0.2, 0) is 34.0 Å². The molecule has 27 heteroatoms. The number of aromatic nitrogens is 10. The molecule has 3 fully saturated rings. The Morgan fingerprint density at radius 1 is 0.520 bits per heavy atom. The number of nitrogens with zero attached hydrogens (tertiary/aromatic N) is 13. The molecule has 0 atom stereocenters. The quantitative estimate of drug-likeness (QED) is 0.0663. The van der Waals surface area contributed by atoms with Crippen LogP contribution in [0.2, 0.25) is 0 Å². The minimum Gasteiger partial charge on any atom is -0.381 e. The van der Waals surface area contributed by atoms with E-state index in [9.17, 15) is 32.8 Å². The van der Waals surface area contributed by atoms with Gasteiger partial charge in [0.25, 0.3) is 17.7 Å². The molecule has 0 unspecified atom stereocenters. The fourth-order valence-corrected chi connectivity index (χ4v) is 13.8. The average Bonchev–Trinajstić information content (AvgIpc) is 1.61. The molecule has 9 aromatic heterocycles. The maximum absolute atomic E-state index is 13.6. The lowest BCUT2D eigenvalue weighted by atomic mass is 9.93. The lowest BCUT2D eigenvalue weighted by Crippen LogP contribution is -2.48. The van der Waals surface area contributed by atoms with Crippen LogP contribution in [0.1, 0.15) is 84.9 Å². The van der Waals surface area contributed by atoms with Crippen LogP contribution < -0.4 is 41.7 Å². The highest BCUT2D eigenvalue weighted by molar-refractivity contribution is 6.08. The number of carbonyl (C=O) groups excluding carboxylic acids is 5. The Labute approximate surface area is 569 Å². The summed E-state index contributed by atoms with van der Waals surface area (Å²) in [6, 6.07) is 30.3. The third kappa shape index (κ3) is 11.9. The number of pyridine rings is 5. The van der Waals surface area contributed by atoms with Crippen molar-refractivity contribution in [3.63, 3.8) is 0 Å². The first-order valence-electron chi connectivity index (χ1n) is 32.8. The van der Waals surface area contributed by atoms with Crippen molar-refractivity contribution in [3.8, 4) is 33.8 Å². The molecule has 25 nitrogen and oxygen atoms in total. The number of likely N-dealkylation sites (N-methyl/N-ethyl adjacent to an activating group) is 1. The Kier molecular flexibility index (Phi) is 16.3. The number of fused-ring (bicyclic) bond motifs is 6. The fraction of sp³-hybridized carbons (Fsp3) is 0.205. The SMILES string of the molecule is CN1CCN(c2ccc(Nc3ccc(-c4cnc5cnccn45)c4c3C(=O)NC4)nc2)CC1=O.O=C1NCc2c(-c3cnc4cc(F)ccn34)ccc(Nc3ccc(C4CCOCC4)cn3)c21.O=C1NCc2c(-c3cnc4cc(F)ccn34)ccc(Nc3cccc(N4CCCC4=O)n3)c21. The van der Waals surface area contributed by atoms with Gasteiger partial charge in [0.1, 0.15) is 46.2 Å². The van der Waals surface area contributed by atoms with E-state index >= 15 is 0 Å². The number of benzene rings is 3. The van der Waals surface area contributed by atoms with Crippen molar-refractivity contribution < 1.29 is 37.5 Å². The van der Waals surface area contributed by atoms with Crippen molar-refractivity contribution in [3.05, 3.63) is 216 Å². The van der Waals surface area contributed by atoms with Gasteiger partial charge in [0, 0.05) is 126 Å². The van der Waals surface area contributed by atoms with Gasteiger partial charge in [0.2, 0.25) is 11.8 Å². The van der Waals surface area contributed by atoms with E-state index < -0.39 is 0 Å². The third-order valence-corrected chi connectivity index (χ3v) is 18.9. The molecule has 100 heavy (non-hydrogen) atoms. The minimum absolute atomic E-state index is 0.0668. The number of carbonyl (C=O) groups is 5. The second-order valence-corrected chi connectivity index (χ2v) is 24.9. The monoisotopic (exact) mass is 1340 g/mol. The first-order valence-corrected chi connectivity index (χ1v) is 32.8. The zero-order chi connectivity index (χ0) is 68.1. The van der Waals surface area contributed by atoms with E-state index in [0.717, 1.165) is 101 Å². The molecule has 0 aliphatic carbocycles. The Hall–Kier alpha value is -12.5. The molecule has 500 valence electrons. The topological polar surface area (TPSA) is 280 Å². The van der Waals surface area contributed by atoms with Gasteiger partial charge in [-0.2, -0.15) is 0 Å². The normalized spacial score (nSPS) is 15.6. The highest BCUT2D eigenvalue weighted by Crippen LogP contribution is 2.40. The Morgan fingerprint density at radius 2 is 1.06 bits per heavy atom. The molecule has 3 aromatic carbocycles. The zero-order valence-electron chi connectivity index (χ0n) is 53.9. The third-order valence-electron chi connectivity index (χ3n) is 18.9. The number of ether oxygens (including phenoxy) is 1. The second-order valence-electron chi connectivity index (χ2n) is 24.9. The number of anilines is 8.